The normalized spacial score (nSPS) is 26.1. The number of nitrogens with two attached hydrogens (primary N) is 1. The number of hydrogen-bond acceptors (Lipinski definition) is 4. The van der Waals surface area contributed by atoms with Crippen molar-refractivity contribution in [2.45, 2.75) is 50.7 Å². The van der Waals surface area contributed by atoms with Crippen LogP contribution in [0.4, 0.5) is 0 Å². The van der Waals surface area contributed by atoms with Crippen molar-refractivity contribution in [1.29, 1.82) is 0 Å². The second-order valence-corrected chi connectivity index (χ2v) is 5.90. The fourth-order valence-corrected chi connectivity index (χ4v) is 3.00. The minimum Gasteiger partial charge on any atom is -0.373 e. The first-order chi connectivity index (χ1) is 9.51. The number of nitrogens with one attached hydrogen (secondary N) is 1. The predicted octanol–water partition coefficient (Wildman–Crippen LogP) is 0.0115. The maximum absolute atomic E-state index is 12.6. The van der Waals surface area contributed by atoms with Crippen LogP contribution >= 0.6 is 0 Å². The summed E-state index contributed by atoms with van der Waals surface area (Å²) in [5, 5.41) is 2.73. The third-order valence-electron chi connectivity index (χ3n) is 4.18. The van der Waals surface area contributed by atoms with Crippen molar-refractivity contribution in [3.63, 3.8) is 0 Å². The molecule has 1 saturated heterocycles. The zero-order valence-electron chi connectivity index (χ0n) is 12.2. The highest BCUT2D eigenvalue weighted by Crippen LogP contribution is 2.28. The Balaban J connectivity index is 1.90. The van der Waals surface area contributed by atoms with Crippen LogP contribution < -0.4 is 11.1 Å². The summed E-state index contributed by atoms with van der Waals surface area (Å²) >= 11 is 0. The summed E-state index contributed by atoms with van der Waals surface area (Å²) in [6, 6.07) is 0. The highest BCUT2D eigenvalue weighted by molar-refractivity contribution is 5.86. The number of hydrogen-bond donors (Lipinski definition) is 2. The van der Waals surface area contributed by atoms with Gasteiger partial charge in [-0.1, -0.05) is 19.3 Å². The van der Waals surface area contributed by atoms with Gasteiger partial charge in [-0.3, -0.25) is 9.59 Å². The molecule has 20 heavy (non-hydrogen) atoms. The number of amides is 2. The summed E-state index contributed by atoms with van der Waals surface area (Å²) in [5.41, 5.74) is 5.61. The summed E-state index contributed by atoms with van der Waals surface area (Å²) in [7, 11) is 0. The van der Waals surface area contributed by atoms with E-state index in [0.717, 1.165) is 25.7 Å². The third-order valence-corrected chi connectivity index (χ3v) is 4.18. The highest BCUT2D eigenvalue weighted by Gasteiger charge is 2.39. The maximum Gasteiger partial charge on any atom is 0.242 e. The molecule has 6 nitrogen and oxygen atoms in total. The molecule has 0 aromatic heterocycles. The average Bonchev–Trinajstić information content (AvgIpc) is 2.45. The molecule has 2 aliphatic rings. The standard InChI is InChI=1S/C14H25N3O3/c1-11(18)16-9-12-10-17(7-8-20-12)13(19)14(15)5-3-2-4-6-14/h12H,2-10,15H2,1H3,(H,16,18). The van der Waals surface area contributed by atoms with E-state index in [4.69, 9.17) is 10.5 Å². The molecule has 0 aromatic carbocycles. The van der Waals surface area contributed by atoms with Crippen LogP contribution in [-0.4, -0.2) is 54.6 Å². The van der Waals surface area contributed by atoms with Crippen molar-refractivity contribution in [1.82, 2.24) is 10.2 Å². The zero-order valence-corrected chi connectivity index (χ0v) is 12.2. The predicted molar refractivity (Wildman–Crippen MR) is 75.0 cm³/mol. The Hall–Kier alpha value is -1.14. The number of ether oxygens (including phenoxy) is 1. The van der Waals surface area contributed by atoms with Gasteiger partial charge in [-0.05, 0) is 12.8 Å². The van der Waals surface area contributed by atoms with E-state index in [1.165, 1.54) is 13.3 Å². The topological polar surface area (TPSA) is 84.7 Å². The van der Waals surface area contributed by atoms with E-state index in [0.29, 0.717) is 26.2 Å². The molecule has 6 heteroatoms. The van der Waals surface area contributed by atoms with Crippen molar-refractivity contribution in [3.05, 3.63) is 0 Å². The van der Waals surface area contributed by atoms with Gasteiger partial charge in [0.15, 0.2) is 0 Å². The molecule has 3 N–H and O–H groups in total. The lowest BCUT2D eigenvalue weighted by atomic mass is 9.81. The van der Waals surface area contributed by atoms with Gasteiger partial charge in [0.2, 0.25) is 11.8 Å². The molecule has 1 unspecified atom stereocenters. The molecule has 1 saturated carbocycles. The van der Waals surface area contributed by atoms with Crippen molar-refractivity contribution >= 4 is 11.8 Å². The molecule has 1 aliphatic carbocycles. The summed E-state index contributed by atoms with van der Waals surface area (Å²) in [5.74, 6) is -0.0343. The Morgan fingerprint density at radius 3 is 2.70 bits per heavy atom. The smallest absolute Gasteiger partial charge is 0.242 e. The number of carbonyl (C=O) groups is 2. The van der Waals surface area contributed by atoms with Crippen LogP contribution in [0.5, 0.6) is 0 Å². The molecule has 2 amide bonds. The lowest BCUT2D eigenvalue weighted by molar-refractivity contribution is -0.145. The lowest BCUT2D eigenvalue weighted by Gasteiger charge is -2.40. The maximum atomic E-state index is 12.6. The van der Waals surface area contributed by atoms with Crippen LogP contribution in [0.2, 0.25) is 0 Å². The van der Waals surface area contributed by atoms with Crippen LogP contribution in [0.1, 0.15) is 39.0 Å². The first kappa shape index (κ1) is 15.3. The summed E-state index contributed by atoms with van der Waals surface area (Å²) in [4.78, 5) is 25.4. The van der Waals surface area contributed by atoms with Crippen LogP contribution in [-0.2, 0) is 14.3 Å². The van der Waals surface area contributed by atoms with E-state index in [1.54, 1.807) is 4.90 Å². The molecule has 114 valence electrons. The molecule has 0 radical (unpaired) electrons. The van der Waals surface area contributed by atoms with E-state index >= 15 is 0 Å². The SMILES string of the molecule is CC(=O)NCC1CN(C(=O)C2(N)CCCCC2)CCO1. The van der Waals surface area contributed by atoms with Crippen molar-refractivity contribution in [2.75, 3.05) is 26.2 Å². The summed E-state index contributed by atoms with van der Waals surface area (Å²) in [6.45, 7) is 3.53. The average molecular weight is 283 g/mol. The first-order valence-corrected chi connectivity index (χ1v) is 7.45. The molecular formula is C14H25N3O3. The van der Waals surface area contributed by atoms with Gasteiger partial charge in [0.05, 0.1) is 18.2 Å². The molecular weight excluding hydrogens is 258 g/mol. The van der Waals surface area contributed by atoms with Crippen LogP contribution in [0.3, 0.4) is 0 Å². The largest absolute Gasteiger partial charge is 0.373 e. The van der Waals surface area contributed by atoms with Gasteiger partial charge >= 0.3 is 0 Å². The second-order valence-electron chi connectivity index (χ2n) is 5.90. The minimum absolute atomic E-state index is 0.0494. The Kier molecular flexibility index (Phi) is 4.99. The highest BCUT2D eigenvalue weighted by atomic mass is 16.5. The van der Waals surface area contributed by atoms with Gasteiger partial charge in [-0.25, -0.2) is 0 Å². The van der Waals surface area contributed by atoms with Crippen molar-refractivity contribution in [2.24, 2.45) is 5.73 Å². The molecule has 1 heterocycles. The van der Waals surface area contributed by atoms with E-state index in [-0.39, 0.29) is 17.9 Å². The van der Waals surface area contributed by atoms with Crippen molar-refractivity contribution < 1.29 is 14.3 Å². The van der Waals surface area contributed by atoms with E-state index in [2.05, 4.69) is 5.32 Å². The Morgan fingerprint density at radius 1 is 1.35 bits per heavy atom. The fourth-order valence-electron chi connectivity index (χ4n) is 3.00. The monoisotopic (exact) mass is 283 g/mol. The molecule has 0 bridgehead atoms. The Bertz CT molecular complexity index is 367. The quantitative estimate of drug-likeness (QED) is 0.764. The van der Waals surface area contributed by atoms with Gasteiger partial charge in [-0.2, -0.15) is 0 Å². The Labute approximate surface area is 120 Å². The molecule has 2 rings (SSSR count). The van der Waals surface area contributed by atoms with Crippen LogP contribution in [0.15, 0.2) is 0 Å². The second kappa shape index (κ2) is 6.54. The van der Waals surface area contributed by atoms with E-state index < -0.39 is 5.54 Å². The molecule has 0 aromatic rings. The molecule has 1 aliphatic heterocycles. The number of nitrogens with zero attached hydrogens (tertiary/aromatic N) is 1. The summed E-state index contributed by atoms with van der Waals surface area (Å²) in [6.07, 6.45) is 4.65. The molecule has 2 fully saturated rings. The van der Waals surface area contributed by atoms with E-state index in [9.17, 15) is 9.59 Å². The third kappa shape index (κ3) is 3.70. The van der Waals surface area contributed by atoms with Crippen molar-refractivity contribution in [3.8, 4) is 0 Å². The van der Waals surface area contributed by atoms with Gasteiger partial charge in [-0.15, -0.1) is 0 Å². The van der Waals surface area contributed by atoms with Crippen LogP contribution in [0, 0.1) is 0 Å². The minimum atomic E-state index is -0.686. The van der Waals surface area contributed by atoms with E-state index in [1.807, 2.05) is 0 Å². The first-order valence-electron chi connectivity index (χ1n) is 7.45. The van der Waals surface area contributed by atoms with Gasteiger partial charge in [0.1, 0.15) is 0 Å². The molecule has 1 atom stereocenters. The fraction of sp³-hybridized carbons (Fsp3) is 0.857. The van der Waals surface area contributed by atoms with Crippen LogP contribution in [0.25, 0.3) is 0 Å². The van der Waals surface area contributed by atoms with Gasteiger partial charge < -0.3 is 20.7 Å². The molecule has 0 spiro atoms. The van der Waals surface area contributed by atoms with Gasteiger partial charge in [0.25, 0.3) is 0 Å². The number of rotatable bonds is 3. The number of carbonyl (C=O) groups excluding carboxylic acids is 2. The lowest BCUT2D eigenvalue weighted by Crippen LogP contribution is -2.60. The summed E-state index contributed by atoms with van der Waals surface area (Å²) < 4.78 is 5.58. The zero-order chi connectivity index (χ0) is 14.6. The number of morpholine rings is 1. The Morgan fingerprint density at radius 2 is 2.05 bits per heavy atom. The van der Waals surface area contributed by atoms with Gasteiger partial charge in [0, 0.05) is 26.6 Å².